The highest BCUT2D eigenvalue weighted by molar-refractivity contribution is 7.10. The van der Waals surface area contributed by atoms with Gasteiger partial charge in [0.25, 0.3) is 0 Å². The maximum absolute atomic E-state index is 13.4. The highest BCUT2D eigenvalue weighted by Gasteiger charge is 2.33. The zero-order valence-corrected chi connectivity index (χ0v) is 20.5. The van der Waals surface area contributed by atoms with Crippen LogP contribution in [0.3, 0.4) is 0 Å². The SMILES string of the molecule is C=CCOC[C@H](O)CN(CC=C)CC(=O)N1CCc2sccc2[C@@H]1COc1ccc(OC)cc1. The van der Waals surface area contributed by atoms with Gasteiger partial charge in [-0.15, -0.1) is 24.5 Å². The van der Waals surface area contributed by atoms with E-state index >= 15 is 0 Å². The van der Waals surface area contributed by atoms with Crippen LogP contribution >= 0.6 is 11.3 Å². The van der Waals surface area contributed by atoms with Crippen LogP contribution in [0.1, 0.15) is 16.5 Å². The number of carbonyl (C=O) groups is 1. The molecular weight excluding hydrogens is 452 g/mol. The first-order valence-corrected chi connectivity index (χ1v) is 12.3. The first-order valence-electron chi connectivity index (χ1n) is 11.4. The summed E-state index contributed by atoms with van der Waals surface area (Å²) < 4.78 is 16.6. The minimum Gasteiger partial charge on any atom is -0.497 e. The molecule has 1 aliphatic heterocycles. The van der Waals surface area contributed by atoms with Gasteiger partial charge in [-0.25, -0.2) is 0 Å². The molecule has 34 heavy (non-hydrogen) atoms. The summed E-state index contributed by atoms with van der Waals surface area (Å²) in [6.45, 7) is 9.96. The Morgan fingerprint density at radius 3 is 2.74 bits per heavy atom. The second-order valence-electron chi connectivity index (χ2n) is 8.10. The van der Waals surface area contributed by atoms with Crippen LogP contribution in [-0.4, -0.2) is 80.0 Å². The van der Waals surface area contributed by atoms with E-state index < -0.39 is 6.10 Å². The highest BCUT2D eigenvalue weighted by Crippen LogP contribution is 2.34. The Labute approximate surface area is 205 Å². The third-order valence-corrected chi connectivity index (χ3v) is 6.64. The van der Waals surface area contributed by atoms with Gasteiger partial charge in [0.15, 0.2) is 0 Å². The molecule has 2 heterocycles. The van der Waals surface area contributed by atoms with Gasteiger partial charge >= 0.3 is 0 Å². The van der Waals surface area contributed by atoms with Gasteiger partial charge in [0.1, 0.15) is 18.1 Å². The summed E-state index contributed by atoms with van der Waals surface area (Å²) in [6.07, 6.45) is 3.51. The van der Waals surface area contributed by atoms with E-state index in [-0.39, 0.29) is 25.1 Å². The number of thiophene rings is 1. The number of rotatable bonds is 14. The summed E-state index contributed by atoms with van der Waals surface area (Å²) in [5.41, 5.74) is 1.14. The van der Waals surface area contributed by atoms with Crippen molar-refractivity contribution in [1.82, 2.24) is 9.80 Å². The molecule has 0 radical (unpaired) electrons. The number of aliphatic hydroxyl groups excluding tert-OH is 1. The molecule has 1 aliphatic rings. The Kier molecular flexibility index (Phi) is 10.2. The summed E-state index contributed by atoms with van der Waals surface area (Å²) in [7, 11) is 1.63. The predicted octanol–water partition coefficient (Wildman–Crippen LogP) is 3.31. The second-order valence-corrected chi connectivity index (χ2v) is 9.10. The third kappa shape index (κ3) is 7.17. The van der Waals surface area contributed by atoms with Crippen molar-refractivity contribution in [2.24, 2.45) is 0 Å². The standard InChI is InChI=1S/C26H34N2O5S/c1-4-12-27(16-20(29)18-32-14-5-2)17-26(30)28-13-10-25-23(11-15-34-25)24(28)19-33-22-8-6-21(31-3)7-9-22/h4-9,11,15,20,24,29H,1-2,10,12-14,16-19H2,3H3/t20-,24+/m1/s1. The highest BCUT2D eigenvalue weighted by atomic mass is 32.1. The molecule has 3 rings (SSSR count). The van der Waals surface area contributed by atoms with Crippen LogP contribution < -0.4 is 9.47 Å². The Morgan fingerprint density at radius 2 is 2.03 bits per heavy atom. The van der Waals surface area contributed by atoms with Gasteiger partial charge in [-0.3, -0.25) is 9.69 Å². The number of benzene rings is 1. The summed E-state index contributed by atoms with van der Waals surface area (Å²) in [5.74, 6) is 1.49. The molecule has 2 aromatic rings. The molecule has 1 aromatic heterocycles. The Bertz CT molecular complexity index is 930. The molecule has 1 N–H and O–H groups in total. The lowest BCUT2D eigenvalue weighted by Crippen LogP contribution is -2.48. The Balaban J connectivity index is 1.67. The largest absolute Gasteiger partial charge is 0.497 e. The first-order chi connectivity index (χ1) is 16.5. The summed E-state index contributed by atoms with van der Waals surface area (Å²) in [5, 5.41) is 12.4. The number of hydrogen-bond acceptors (Lipinski definition) is 7. The van der Waals surface area contributed by atoms with Crippen LogP contribution in [0.25, 0.3) is 0 Å². The first kappa shape index (κ1) is 26.0. The fourth-order valence-electron chi connectivity index (χ4n) is 4.03. The van der Waals surface area contributed by atoms with Gasteiger partial charge in [0, 0.05) is 24.5 Å². The van der Waals surface area contributed by atoms with Gasteiger partial charge in [-0.1, -0.05) is 12.2 Å². The van der Waals surface area contributed by atoms with Crippen molar-refractivity contribution in [3.63, 3.8) is 0 Å². The maximum Gasteiger partial charge on any atom is 0.237 e. The van der Waals surface area contributed by atoms with E-state index in [2.05, 4.69) is 24.6 Å². The number of amides is 1. The van der Waals surface area contributed by atoms with Crippen LogP contribution in [0.4, 0.5) is 0 Å². The lowest BCUT2D eigenvalue weighted by Gasteiger charge is -2.37. The van der Waals surface area contributed by atoms with Gasteiger partial charge in [-0.2, -0.15) is 0 Å². The topological polar surface area (TPSA) is 71.5 Å². The second kappa shape index (κ2) is 13.3. The molecule has 8 heteroatoms. The van der Waals surface area contributed by atoms with Crippen molar-refractivity contribution in [2.75, 3.05) is 53.1 Å². The molecule has 2 atom stereocenters. The van der Waals surface area contributed by atoms with Crippen molar-refractivity contribution >= 4 is 17.2 Å². The quantitative estimate of drug-likeness (QED) is 0.326. The molecule has 0 aliphatic carbocycles. The number of fused-ring (bicyclic) bond motifs is 1. The molecule has 0 fully saturated rings. The summed E-state index contributed by atoms with van der Waals surface area (Å²) in [6, 6.07) is 9.35. The number of ether oxygens (including phenoxy) is 3. The monoisotopic (exact) mass is 486 g/mol. The molecule has 0 spiro atoms. The van der Waals surface area contributed by atoms with Gasteiger partial charge in [0.05, 0.1) is 39.0 Å². The molecule has 7 nitrogen and oxygen atoms in total. The van der Waals surface area contributed by atoms with Crippen LogP contribution in [0, 0.1) is 0 Å². The fourth-order valence-corrected chi connectivity index (χ4v) is 4.96. The van der Waals surface area contributed by atoms with Crippen molar-refractivity contribution in [1.29, 1.82) is 0 Å². The Hall–Kier alpha value is -2.65. The van der Waals surface area contributed by atoms with Crippen LogP contribution in [0.5, 0.6) is 11.5 Å². The van der Waals surface area contributed by atoms with Crippen molar-refractivity contribution in [3.8, 4) is 11.5 Å². The molecule has 0 bridgehead atoms. The Morgan fingerprint density at radius 1 is 1.26 bits per heavy atom. The lowest BCUT2D eigenvalue weighted by atomic mass is 10.0. The molecule has 0 saturated carbocycles. The van der Waals surface area contributed by atoms with Crippen LogP contribution in [-0.2, 0) is 16.0 Å². The van der Waals surface area contributed by atoms with Crippen LogP contribution in [0.2, 0.25) is 0 Å². The van der Waals surface area contributed by atoms with E-state index in [0.717, 1.165) is 23.5 Å². The van der Waals surface area contributed by atoms with Crippen molar-refractivity contribution < 1.29 is 24.1 Å². The number of carbonyl (C=O) groups excluding carboxylic acids is 1. The maximum atomic E-state index is 13.4. The van der Waals surface area contributed by atoms with E-state index in [4.69, 9.17) is 14.2 Å². The smallest absolute Gasteiger partial charge is 0.237 e. The number of hydrogen-bond donors (Lipinski definition) is 1. The number of aliphatic hydroxyl groups is 1. The van der Waals surface area contributed by atoms with Gasteiger partial charge < -0.3 is 24.2 Å². The van der Waals surface area contributed by atoms with E-state index in [1.165, 1.54) is 4.88 Å². The minimum atomic E-state index is -0.702. The number of methoxy groups -OCH3 is 1. The zero-order valence-electron chi connectivity index (χ0n) is 19.7. The van der Waals surface area contributed by atoms with Crippen molar-refractivity contribution in [3.05, 3.63) is 71.5 Å². The molecule has 0 saturated heterocycles. The van der Waals surface area contributed by atoms with Gasteiger partial charge in [0.2, 0.25) is 5.91 Å². The lowest BCUT2D eigenvalue weighted by molar-refractivity contribution is -0.136. The molecule has 1 aromatic carbocycles. The third-order valence-electron chi connectivity index (χ3n) is 5.64. The van der Waals surface area contributed by atoms with Gasteiger partial charge in [-0.05, 0) is 47.7 Å². The predicted molar refractivity (Wildman–Crippen MR) is 135 cm³/mol. The zero-order chi connectivity index (χ0) is 24.3. The average molecular weight is 487 g/mol. The van der Waals surface area contributed by atoms with E-state index in [1.54, 1.807) is 30.6 Å². The fraction of sp³-hybridized carbons (Fsp3) is 0.423. The van der Waals surface area contributed by atoms with Crippen molar-refractivity contribution in [2.45, 2.75) is 18.6 Å². The minimum absolute atomic E-state index is 0.00115. The number of nitrogens with zero attached hydrogens (tertiary/aromatic N) is 2. The summed E-state index contributed by atoms with van der Waals surface area (Å²) in [4.78, 5) is 18.5. The van der Waals surface area contributed by atoms with E-state index in [1.807, 2.05) is 34.1 Å². The normalized spacial score (nSPS) is 16.1. The van der Waals surface area contributed by atoms with Crippen LogP contribution in [0.15, 0.2) is 61.0 Å². The van der Waals surface area contributed by atoms with E-state index in [0.29, 0.717) is 32.8 Å². The molecule has 184 valence electrons. The summed E-state index contributed by atoms with van der Waals surface area (Å²) >= 11 is 1.72. The average Bonchev–Trinajstić information content (AvgIpc) is 3.32. The molecular formula is C26H34N2O5S. The van der Waals surface area contributed by atoms with E-state index in [9.17, 15) is 9.90 Å². The molecule has 0 unspecified atom stereocenters. The molecule has 1 amide bonds.